The van der Waals surface area contributed by atoms with E-state index >= 15 is 0 Å². The number of benzene rings is 1. The average Bonchev–Trinajstić information content (AvgIpc) is 2.50. The predicted octanol–water partition coefficient (Wildman–Crippen LogP) is 2.07. The SMILES string of the molecule is CC(C)(N)c1ccc2cc[nH]c2c1O. The van der Waals surface area contributed by atoms with Gasteiger partial charge in [0.1, 0.15) is 5.75 Å². The summed E-state index contributed by atoms with van der Waals surface area (Å²) in [6.45, 7) is 3.74. The number of nitrogens with two attached hydrogens (primary N) is 1. The molecule has 3 nitrogen and oxygen atoms in total. The molecule has 2 aromatic rings. The molecule has 0 aliphatic heterocycles. The smallest absolute Gasteiger partial charge is 0.144 e. The highest BCUT2D eigenvalue weighted by Crippen LogP contribution is 2.32. The third kappa shape index (κ3) is 1.26. The van der Waals surface area contributed by atoms with E-state index in [2.05, 4.69) is 4.98 Å². The van der Waals surface area contributed by atoms with Crippen molar-refractivity contribution in [1.82, 2.24) is 4.98 Å². The molecule has 3 heteroatoms. The summed E-state index contributed by atoms with van der Waals surface area (Å²) in [5.41, 5.74) is 6.93. The van der Waals surface area contributed by atoms with Crippen LogP contribution >= 0.6 is 0 Å². The highest BCUT2D eigenvalue weighted by atomic mass is 16.3. The molecule has 0 fully saturated rings. The Morgan fingerprint density at radius 2 is 2.00 bits per heavy atom. The van der Waals surface area contributed by atoms with E-state index in [1.54, 1.807) is 6.20 Å². The average molecular weight is 190 g/mol. The second kappa shape index (κ2) is 2.75. The van der Waals surface area contributed by atoms with Crippen LogP contribution in [0.3, 0.4) is 0 Å². The van der Waals surface area contributed by atoms with Crippen molar-refractivity contribution in [2.45, 2.75) is 19.4 Å². The Bertz CT molecular complexity index is 466. The van der Waals surface area contributed by atoms with E-state index in [1.807, 2.05) is 32.0 Å². The summed E-state index contributed by atoms with van der Waals surface area (Å²) in [5.74, 6) is 0.250. The lowest BCUT2D eigenvalue weighted by atomic mass is 9.94. The molecular weight excluding hydrogens is 176 g/mol. The number of phenolic OH excluding ortho intramolecular Hbond substituents is 1. The first-order valence-electron chi connectivity index (χ1n) is 4.58. The number of phenols is 1. The first-order valence-corrected chi connectivity index (χ1v) is 4.58. The molecule has 0 aliphatic carbocycles. The molecule has 1 aromatic carbocycles. The Balaban J connectivity index is 2.74. The first-order chi connectivity index (χ1) is 6.50. The second-order valence-corrected chi connectivity index (χ2v) is 4.13. The molecule has 0 unspecified atom stereocenters. The number of aromatic amines is 1. The van der Waals surface area contributed by atoms with Gasteiger partial charge in [0.2, 0.25) is 0 Å². The molecule has 0 atom stereocenters. The van der Waals surface area contributed by atoms with Crippen molar-refractivity contribution < 1.29 is 5.11 Å². The predicted molar refractivity (Wildman–Crippen MR) is 57.2 cm³/mol. The van der Waals surface area contributed by atoms with E-state index in [9.17, 15) is 5.11 Å². The maximum absolute atomic E-state index is 9.96. The summed E-state index contributed by atoms with van der Waals surface area (Å²) < 4.78 is 0. The van der Waals surface area contributed by atoms with Crippen molar-refractivity contribution in [2.24, 2.45) is 5.73 Å². The Labute approximate surface area is 82.6 Å². The van der Waals surface area contributed by atoms with E-state index < -0.39 is 5.54 Å². The van der Waals surface area contributed by atoms with Gasteiger partial charge in [-0.25, -0.2) is 0 Å². The molecule has 0 amide bonds. The van der Waals surface area contributed by atoms with Crippen molar-refractivity contribution in [2.75, 3.05) is 0 Å². The standard InChI is InChI=1S/C11H14N2O/c1-11(2,12)8-4-3-7-5-6-13-9(7)10(8)14/h3-6,13-14H,12H2,1-2H3. The molecule has 0 saturated carbocycles. The molecule has 0 spiro atoms. The third-order valence-corrected chi connectivity index (χ3v) is 2.39. The van der Waals surface area contributed by atoms with Gasteiger partial charge in [0.25, 0.3) is 0 Å². The third-order valence-electron chi connectivity index (χ3n) is 2.39. The Morgan fingerprint density at radius 1 is 1.29 bits per heavy atom. The van der Waals surface area contributed by atoms with E-state index in [0.717, 1.165) is 16.5 Å². The van der Waals surface area contributed by atoms with E-state index in [1.165, 1.54) is 0 Å². The molecule has 1 heterocycles. The van der Waals surface area contributed by atoms with Gasteiger partial charge in [0, 0.05) is 22.7 Å². The number of nitrogens with one attached hydrogen (secondary N) is 1. The van der Waals surface area contributed by atoms with Crippen LogP contribution in [0, 0.1) is 0 Å². The maximum atomic E-state index is 9.96. The maximum Gasteiger partial charge on any atom is 0.144 e. The summed E-state index contributed by atoms with van der Waals surface area (Å²) >= 11 is 0. The van der Waals surface area contributed by atoms with Crippen LogP contribution in [0.4, 0.5) is 0 Å². The number of aromatic hydroxyl groups is 1. The molecule has 2 rings (SSSR count). The highest BCUT2D eigenvalue weighted by molar-refractivity contribution is 5.86. The fourth-order valence-electron chi connectivity index (χ4n) is 1.63. The van der Waals surface area contributed by atoms with Crippen molar-refractivity contribution in [1.29, 1.82) is 0 Å². The topological polar surface area (TPSA) is 62.0 Å². The summed E-state index contributed by atoms with van der Waals surface area (Å²) in [7, 11) is 0. The van der Waals surface area contributed by atoms with E-state index in [0.29, 0.717) is 0 Å². The summed E-state index contributed by atoms with van der Waals surface area (Å²) in [4.78, 5) is 2.99. The molecule has 4 N–H and O–H groups in total. The van der Waals surface area contributed by atoms with Gasteiger partial charge in [-0.15, -0.1) is 0 Å². The second-order valence-electron chi connectivity index (χ2n) is 4.13. The Hall–Kier alpha value is -1.48. The zero-order valence-corrected chi connectivity index (χ0v) is 8.33. The van der Waals surface area contributed by atoms with Gasteiger partial charge in [0.15, 0.2) is 0 Å². The van der Waals surface area contributed by atoms with Gasteiger partial charge in [-0.1, -0.05) is 12.1 Å². The molecule has 74 valence electrons. The van der Waals surface area contributed by atoms with Crippen LogP contribution < -0.4 is 5.73 Å². The van der Waals surface area contributed by atoms with Crippen LogP contribution in [-0.2, 0) is 5.54 Å². The van der Waals surface area contributed by atoms with Crippen LogP contribution in [-0.4, -0.2) is 10.1 Å². The van der Waals surface area contributed by atoms with Crippen LogP contribution in [0.15, 0.2) is 24.4 Å². The van der Waals surface area contributed by atoms with Gasteiger partial charge < -0.3 is 15.8 Å². The van der Waals surface area contributed by atoms with Crippen LogP contribution in [0.1, 0.15) is 19.4 Å². The Kier molecular flexibility index (Phi) is 1.79. The number of H-pyrrole nitrogens is 1. The van der Waals surface area contributed by atoms with E-state index in [4.69, 9.17) is 5.73 Å². The lowest BCUT2D eigenvalue weighted by Crippen LogP contribution is -2.28. The first kappa shape index (κ1) is 9.09. The number of aromatic nitrogens is 1. The normalized spacial score (nSPS) is 12.2. The van der Waals surface area contributed by atoms with Crippen molar-refractivity contribution in [3.8, 4) is 5.75 Å². The minimum atomic E-state index is -0.524. The summed E-state index contributed by atoms with van der Waals surface area (Å²) in [6, 6.07) is 5.74. The van der Waals surface area contributed by atoms with Crippen molar-refractivity contribution in [3.63, 3.8) is 0 Å². The highest BCUT2D eigenvalue weighted by Gasteiger charge is 2.19. The molecule has 0 saturated heterocycles. The van der Waals surface area contributed by atoms with Gasteiger partial charge in [-0.2, -0.15) is 0 Å². The summed E-state index contributed by atoms with van der Waals surface area (Å²) in [6.07, 6.45) is 1.80. The zero-order valence-electron chi connectivity index (χ0n) is 8.33. The number of fused-ring (bicyclic) bond motifs is 1. The van der Waals surface area contributed by atoms with Crippen LogP contribution in [0.5, 0.6) is 5.75 Å². The largest absolute Gasteiger partial charge is 0.505 e. The number of hydrogen-bond donors (Lipinski definition) is 3. The van der Waals surface area contributed by atoms with Crippen LogP contribution in [0.25, 0.3) is 10.9 Å². The molecular formula is C11H14N2O. The number of hydrogen-bond acceptors (Lipinski definition) is 2. The fourth-order valence-corrected chi connectivity index (χ4v) is 1.63. The molecule has 0 radical (unpaired) electrons. The lowest BCUT2D eigenvalue weighted by molar-refractivity contribution is 0.445. The Morgan fingerprint density at radius 3 is 2.64 bits per heavy atom. The molecule has 14 heavy (non-hydrogen) atoms. The van der Waals surface area contributed by atoms with E-state index in [-0.39, 0.29) is 5.75 Å². The lowest BCUT2D eigenvalue weighted by Gasteiger charge is -2.20. The van der Waals surface area contributed by atoms with Crippen molar-refractivity contribution in [3.05, 3.63) is 30.0 Å². The fraction of sp³-hybridized carbons (Fsp3) is 0.273. The monoisotopic (exact) mass is 190 g/mol. The van der Waals surface area contributed by atoms with Gasteiger partial charge in [0.05, 0.1) is 5.52 Å². The zero-order chi connectivity index (χ0) is 10.3. The van der Waals surface area contributed by atoms with Crippen LogP contribution in [0.2, 0.25) is 0 Å². The molecule has 0 aliphatic rings. The minimum Gasteiger partial charge on any atom is -0.505 e. The number of rotatable bonds is 1. The van der Waals surface area contributed by atoms with Gasteiger partial charge >= 0.3 is 0 Å². The minimum absolute atomic E-state index is 0.250. The van der Waals surface area contributed by atoms with Crippen molar-refractivity contribution >= 4 is 10.9 Å². The van der Waals surface area contributed by atoms with Gasteiger partial charge in [-0.3, -0.25) is 0 Å². The quantitative estimate of drug-likeness (QED) is 0.644. The molecule has 0 bridgehead atoms. The van der Waals surface area contributed by atoms with Gasteiger partial charge in [-0.05, 0) is 19.9 Å². The summed E-state index contributed by atoms with van der Waals surface area (Å²) in [5, 5.41) is 11.0. The molecule has 1 aromatic heterocycles.